The lowest BCUT2D eigenvalue weighted by atomic mass is 9.92. The summed E-state index contributed by atoms with van der Waals surface area (Å²) in [5, 5.41) is 4.62. The molecule has 0 atom stereocenters. The average molecular weight is 272 g/mol. The molecule has 3 heterocycles. The monoisotopic (exact) mass is 272 g/mol. The second kappa shape index (κ2) is 4.58. The Balaban J connectivity index is 2.07. The highest BCUT2D eigenvalue weighted by Gasteiger charge is 2.23. The van der Waals surface area contributed by atoms with Gasteiger partial charge in [0.2, 0.25) is 0 Å². The molecule has 0 saturated carbocycles. The van der Waals surface area contributed by atoms with E-state index in [4.69, 9.17) is 0 Å². The van der Waals surface area contributed by atoms with Gasteiger partial charge in [0.25, 0.3) is 0 Å². The minimum atomic E-state index is 0.001000. The van der Waals surface area contributed by atoms with E-state index < -0.39 is 0 Å². The van der Waals surface area contributed by atoms with Gasteiger partial charge in [0.15, 0.2) is 11.6 Å². The second-order valence-corrected chi connectivity index (χ2v) is 6.42. The van der Waals surface area contributed by atoms with E-state index in [2.05, 4.69) is 41.8 Å². The molecule has 0 aliphatic carbocycles. The fraction of sp³-hybridized carbons (Fsp3) is 0.533. The van der Waals surface area contributed by atoms with Crippen molar-refractivity contribution in [2.75, 3.05) is 18.0 Å². The minimum absolute atomic E-state index is 0.001000. The average Bonchev–Trinajstić information content (AvgIpc) is 2.82. The van der Waals surface area contributed by atoms with Gasteiger partial charge in [-0.15, -0.1) is 0 Å². The van der Waals surface area contributed by atoms with Crippen LogP contribution in [-0.4, -0.2) is 33.5 Å². The Kier molecular flexibility index (Phi) is 3.00. The molecule has 106 valence electrons. The van der Waals surface area contributed by atoms with Gasteiger partial charge in [0.05, 0.1) is 12.2 Å². The molecule has 2 aromatic heterocycles. The van der Waals surface area contributed by atoms with E-state index in [0.717, 1.165) is 30.0 Å². The van der Waals surface area contributed by atoms with Gasteiger partial charge in [-0.3, -0.25) is 4.79 Å². The van der Waals surface area contributed by atoms with E-state index in [9.17, 15) is 4.79 Å². The topological polar surface area (TPSA) is 50.5 Å². The van der Waals surface area contributed by atoms with Crippen LogP contribution in [0.5, 0.6) is 0 Å². The van der Waals surface area contributed by atoms with Crippen LogP contribution in [-0.2, 0) is 10.2 Å². The molecule has 1 aliphatic rings. The first-order valence-corrected chi connectivity index (χ1v) is 7.07. The zero-order valence-corrected chi connectivity index (χ0v) is 12.3. The molecule has 3 rings (SSSR count). The highest BCUT2D eigenvalue weighted by molar-refractivity contribution is 5.86. The number of aromatic nitrogens is 3. The van der Waals surface area contributed by atoms with Crippen molar-refractivity contribution >= 4 is 17.1 Å². The maximum Gasteiger partial charge on any atom is 0.155 e. The number of hydrogen-bond acceptors (Lipinski definition) is 4. The number of carbonyl (C=O) groups is 1. The maximum absolute atomic E-state index is 11.7. The number of fused-ring (bicyclic) bond motifs is 1. The number of Topliss-reactive ketones (excluding diaryl/α,β-unsaturated/α-hetero) is 1. The van der Waals surface area contributed by atoms with E-state index in [1.54, 1.807) is 6.20 Å². The molecule has 0 bridgehead atoms. The Morgan fingerprint density at radius 3 is 2.80 bits per heavy atom. The highest BCUT2D eigenvalue weighted by Crippen LogP contribution is 2.27. The lowest BCUT2D eigenvalue weighted by Gasteiger charge is -2.27. The normalized spacial score (nSPS) is 16.9. The van der Waals surface area contributed by atoms with Gasteiger partial charge in [0.1, 0.15) is 5.52 Å². The van der Waals surface area contributed by atoms with Crippen molar-refractivity contribution in [1.82, 2.24) is 14.6 Å². The third-order valence-electron chi connectivity index (χ3n) is 3.69. The summed E-state index contributed by atoms with van der Waals surface area (Å²) in [6, 6.07) is 2.08. The predicted octanol–water partition coefficient (Wildman–Crippen LogP) is 2.20. The van der Waals surface area contributed by atoms with Crippen LogP contribution in [0.25, 0.3) is 5.52 Å². The SMILES string of the molecule is CC(C)(C)c1cc2c(N3CCCC(=O)C3)nccn2n1. The number of hydrogen-bond donors (Lipinski definition) is 0. The number of anilines is 1. The Morgan fingerprint density at radius 1 is 1.30 bits per heavy atom. The third-order valence-corrected chi connectivity index (χ3v) is 3.69. The highest BCUT2D eigenvalue weighted by atomic mass is 16.1. The first-order valence-electron chi connectivity index (χ1n) is 7.07. The van der Waals surface area contributed by atoms with Crippen LogP contribution < -0.4 is 4.90 Å². The first-order chi connectivity index (χ1) is 9.45. The first kappa shape index (κ1) is 13.1. The van der Waals surface area contributed by atoms with Crippen molar-refractivity contribution in [2.24, 2.45) is 0 Å². The predicted molar refractivity (Wildman–Crippen MR) is 78.1 cm³/mol. The zero-order valence-electron chi connectivity index (χ0n) is 12.3. The van der Waals surface area contributed by atoms with Crippen molar-refractivity contribution in [2.45, 2.75) is 39.0 Å². The molecule has 0 aromatic carbocycles. The molecule has 0 unspecified atom stereocenters. The molecule has 1 fully saturated rings. The van der Waals surface area contributed by atoms with E-state index >= 15 is 0 Å². The van der Waals surface area contributed by atoms with Crippen molar-refractivity contribution in [1.29, 1.82) is 0 Å². The summed E-state index contributed by atoms with van der Waals surface area (Å²) >= 11 is 0. The summed E-state index contributed by atoms with van der Waals surface area (Å²) in [4.78, 5) is 18.2. The standard InChI is InChI=1S/C15H20N4O/c1-15(2,3)13-9-12-14(16-6-8-19(12)17-13)18-7-4-5-11(20)10-18/h6,8-9H,4-5,7,10H2,1-3H3. The lowest BCUT2D eigenvalue weighted by Crippen LogP contribution is -2.36. The summed E-state index contributed by atoms with van der Waals surface area (Å²) in [7, 11) is 0. The van der Waals surface area contributed by atoms with Gasteiger partial charge in [-0.05, 0) is 12.5 Å². The molecular weight excluding hydrogens is 252 g/mol. The summed E-state index contributed by atoms with van der Waals surface area (Å²) in [6.45, 7) is 7.78. The van der Waals surface area contributed by atoms with Crippen molar-refractivity contribution < 1.29 is 4.79 Å². The quantitative estimate of drug-likeness (QED) is 0.798. The molecule has 0 N–H and O–H groups in total. The molecule has 0 radical (unpaired) electrons. The van der Waals surface area contributed by atoms with Gasteiger partial charge in [-0.2, -0.15) is 5.10 Å². The largest absolute Gasteiger partial charge is 0.347 e. The molecule has 0 amide bonds. The third kappa shape index (κ3) is 2.28. The van der Waals surface area contributed by atoms with Gasteiger partial charge in [-0.25, -0.2) is 9.50 Å². The van der Waals surface area contributed by atoms with Crippen LogP contribution in [0.15, 0.2) is 18.5 Å². The summed E-state index contributed by atoms with van der Waals surface area (Å²) < 4.78 is 1.86. The molecule has 2 aromatic rings. The smallest absolute Gasteiger partial charge is 0.155 e. The number of carbonyl (C=O) groups excluding carboxylic acids is 1. The number of nitrogens with zero attached hydrogens (tertiary/aromatic N) is 4. The minimum Gasteiger partial charge on any atom is -0.347 e. The number of rotatable bonds is 1. The molecule has 1 saturated heterocycles. The van der Waals surface area contributed by atoms with Crippen LogP contribution in [0, 0.1) is 0 Å². The maximum atomic E-state index is 11.7. The van der Waals surface area contributed by atoms with Crippen LogP contribution in [0.2, 0.25) is 0 Å². The van der Waals surface area contributed by atoms with E-state index in [1.165, 1.54) is 0 Å². The van der Waals surface area contributed by atoms with Gasteiger partial charge in [-0.1, -0.05) is 20.8 Å². The van der Waals surface area contributed by atoms with Crippen molar-refractivity contribution in [3.8, 4) is 0 Å². The van der Waals surface area contributed by atoms with Crippen molar-refractivity contribution in [3.05, 3.63) is 24.2 Å². The van der Waals surface area contributed by atoms with Crippen molar-refractivity contribution in [3.63, 3.8) is 0 Å². The second-order valence-electron chi connectivity index (χ2n) is 6.42. The summed E-state index contributed by atoms with van der Waals surface area (Å²) in [5.41, 5.74) is 2.02. The summed E-state index contributed by atoms with van der Waals surface area (Å²) in [5.74, 6) is 1.15. The lowest BCUT2D eigenvalue weighted by molar-refractivity contribution is -0.118. The van der Waals surface area contributed by atoms with Crippen LogP contribution in [0.1, 0.15) is 39.3 Å². The Bertz CT molecular complexity index is 653. The summed E-state index contributed by atoms with van der Waals surface area (Å²) in [6.07, 6.45) is 5.20. The number of piperidine rings is 1. The zero-order chi connectivity index (χ0) is 14.3. The van der Waals surface area contributed by atoms with Gasteiger partial charge < -0.3 is 4.90 Å². The molecule has 5 nitrogen and oxygen atoms in total. The van der Waals surface area contributed by atoms with Crippen LogP contribution in [0.4, 0.5) is 5.82 Å². The van der Waals surface area contributed by atoms with Gasteiger partial charge in [0, 0.05) is 30.8 Å². The molecular formula is C15H20N4O. The van der Waals surface area contributed by atoms with Crippen LogP contribution >= 0.6 is 0 Å². The molecule has 5 heteroatoms. The fourth-order valence-electron chi connectivity index (χ4n) is 2.54. The van der Waals surface area contributed by atoms with Crippen LogP contribution in [0.3, 0.4) is 0 Å². The molecule has 20 heavy (non-hydrogen) atoms. The fourth-order valence-corrected chi connectivity index (χ4v) is 2.54. The molecule has 1 aliphatic heterocycles. The van der Waals surface area contributed by atoms with E-state index in [0.29, 0.717) is 13.0 Å². The van der Waals surface area contributed by atoms with E-state index in [1.807, 2.05) is 10.7 Å². The Labute approximate surface area is 118 Å². The number of ketones is 1. The van der Waals surface area contributed by atoms with Gasteiger partial charge >= 0.3 is 0 Å². The Hall–Kier alpha value is -1.91. The Morgan fingerprint density at radius 2 is 2.10 bits per heavy atom. The molecule has 0 spiro atoms. The van der Waals surface area contributed by atoms with E-state index in [-0.39, 0.29) is 11.2 Å².